The summed E-state index contributed by atoms with van der Waals surface area (Å²) >= 11 is 1.68. The highest BCUT2D eigenvalue weighted by Crippen LogP contribution is 2.44. The molecular formula is C21H21N3O2S. The monoisotopic (exact) mass is 379 g/mol. The fourth-order valence-corrected chi connectivity index (χ4v) is 4.35. The van der Waals surface area contributed by atoms with E-state index in [9.17, 15) is 4.79 Å². The van der Waals surface area contributed by atoms with Crippen LogP contribution in [0.5, 0.6) is 11.5 Å². The molecule has 4 rings (SSSR count). The number of carbonyl (C=O) groups excluding carboxylic acids is 1. The lowest BCUT2D eigenvalue weighted by Crippen LogP contribution is -2.33. The van der Waals surface area contributed by atoms with Gasteiger partial charge in [0.15, 0.2) is 0 Å². The molecule has 0 saturated carbocycles. The van der Waals surface area contributed by atoms with Crippen molar-refractivity contribution in [1.29, 1.82) is 0 Å². The first-order chi connectivity index (χ1) is 13.1. The molecule has 0 aromatic heterocycles. The predicted octanol–water partition coefficient (Wildman–Crippen LogP) is 5.24. The largest absolute Gasteiger partial charge is 0.457 e. The van der Waals surface area contributed by atoms with E-state index in [0.717, 1.165) is 40.8 Å². The summed E-state index contributed by atoms with van der Waals surface area (Å²) in [6.07, 6.45) is 3.90. The Balaban J connectivity index is 1.60. The number of amides is 2. The molecule has 0 atom stereocenters. The van der Waals surface area contributed by atoms with Gasteiger partial charge in [-0.2, -0.15) is 0 Å². The van der Waals surface area contributed by atoms with E-state index in [1.165, 1.54) is 4.91 Å². The number of hydrogen-bond donors (Lipinski definition) is 1. The summed E-state index contributed by atoms with van der Waals surface area (Å²) < 4.78 is 5.87. The molecule has 0 radical (unpaired) electrons. The van der Waals surface area contributed by atoms with Gasteiger partial charge in [-0.15, -0.1) is 0 Å². The van der Waals surface area contributed by atoms with E-state index in [1.807, 2.05) is 54.6 Å². The number of nitrogens with two attached hydrogens (primary N) is 1. The van der Waals surface area contributed by atoms with E-state index in [4.69, 9.17) is 10.5 Å². The molecule has 2 heterocycles. The summed E-state index contributed by atoms with van der Waals surface area (Å²) in [4.78, 5) is 16.8. The van der Waals surface area contributed by atoms with E-state index in [2.05, 4.69) is 18.0 Å². The van der Waals surface area contributed by atoms with Gasteiger partial charge in [-0.1, -0.05) is 30.0 Å². The van der Waals surface area contributed by atoms with Crippen molar-refractivity contribution in [3.63, 3.8) is 0 Å². The van der Waals surface area contributed by atoms with Gasteiger partial charge in [0.1, 0.15) is 16.5 Å². The van der Waals surface area contributed by atoms with Crippen LogP contribution in [-0.2, 0) is 0 Å². The number of thioether (sulfide) groups is 1. The third-order valence-corrected chi connectivity index (χ3v) is 5.57. The molecule has 27 heavy (non-hydrogen) atoms. The average molecular weight is 379 g/mol. The molecule has 1 fully saturated rings. The smallest absolute Gasteiger partial charge is 0.319 e. The lowest BCUT2D eigenvalue weighted by Gasteiger charge is -2.24. The Morgan fingerprint density at radius 3 is 2.48 bits per heavy atom. The molecule has 2 aliphatic rings. The summed E-state index contributed by atoms with van der Waals surface area (Å²) in [7, 11) is 0. The van der Waals surface area contributed by atoms with E-state index in [0.29, 0.717) is 6.54 Å². The van der Waals surface area contributed by atoms with Gasteiger partial charge in [0, 0.05) is 23.3 Å². The van der Waals surface area contributed by atoms with Gasteiger partial charge in [-0.25, -0.2) is 4.79 Å². The van der Waals surface area contributed by atoms with Gasteiger partial charge < -0.3 is 15.4 Å². The van der Waals surface area contributed by atoms with Gasteiger partial charge in [0.2, 0.25) is 0 Å². The van der Waals surface area contributed by atoms with Crippen LogP contribution in [0.4, 0.5) is 10.5 Å². The fraction of sp³-hybridized carbons (Fsp3) is 0.190. The van der Waals surface area contributed by atoms with Gasteiger partial charge >= 0.3 is 6.03 Å². The van der Waals surface area contributed by atoms with Crippen LogP contribution in [-0.4, -0.2) is 17.5 Å². The normalized spacial score (nSPS) is 19.4. The SMILES string of the molecule is CC1=CN(c2ccc(Oc3ccccc3)cc2)/C(=C2\CCCN2C(N)=O)S1. The predicted molar refractivity (Wildman–Crippen MR) is 109 cm³/mol. The van der Waals surface area contributed by atoms with Gasteiger partial charge in [-0.05, 0) is 56.2 Å². The molecule has 138 valence electrons. The molecule has 2 N–H and O–H groups in total. The van der Waals surface area contributed by atoms with E-state index >= 15 is 0 Å². The number of ether oxygens (including phenoxy) is 1. The van der Waals surface area contributed by atoms with E-state index in [-0.39, 0.29) is 6.03 Å². The zero-order valence-electron chi connectivity index (χ0n) is 15.1. The first-order valence-corrected chi connectivity index (χ1v) is 9.72. The number of hydrogen-bond acceptors (Lipinski definition) is 4. The van der Waals surface area contributed by atoms with Crippen molar-refractivity contribution in [3.8, 4) is 11.5 Å². The molecule has 5 nitrogen and oxygen atoms in total. The summed E-state index contributed by atoms with van der Waals surface area (Å²) in [5, 5.41) is 1.06. The molecule has 2 amide bonds. The number of carbonyl (C=O) groups is 1. The zero-order valence-corrected chi connectivity index (χ0v) is 15.9. The number of rotatable bonds is 3. The Hall–Kier alpha value is -2.86. The van der Waals surface area contributed by atoms with Crippen LogP contribution in [0.2, 0.25) is 0 Å². The minimum atomic E-state index is -0.383. The third kappa shape index (κ3) is 3.66. The highest BCUT2D eigenvalue weighted by atomic mass is 32.2. The lowest BCUT2D eigenvalue weighted by molar-refractivity contribution is 0.225. The molecule has 0 spiro atoms. The highest BCUT2D eigenvalue weighted by molar-refractivity contribution is 8.07. The van der Waals surface area contributed by atoms with Crippen LogP contribution in [0, 0.1) is 0 Å². The first kappa shape index (κ1) is 17.5. The third-order valence-electron chi connectivity index (χ3n) is 4.52. The van der Waals surface area contributed by atoms with Crippen molar-refractivity contribution < 1.29 is 9.53 Å². The number of para-hydroxylation sites is 1. The minimum Gasteiger partial charge on any atom is -0.457 e. The Labute approximate surface area is 163 Å². The van der Waals surface area contributed by atoms with Crippen molar-refractivity contribution in [2.45, 2.75) is 19.8 Å². The van der Waals surface area contributed by atoms with Crippen LogP contribution in [0.3, 0.4) is 0 Å². The Morgan fingerprint density at radius 1 is 1.07 bits per heavy atom. The first-order valence-electron chi connectivity index (χ1n) is 8.90. The van der Waals surface area contributed by atoms with Crippen molar-refractivity contribution in [3.05, 3.63) is 76.4 Å². The van der Waals surface area contributed by atoms with Crippen molar-refractivity contribution >= 4 is 23.5 Å². The Bertz CT molecular complexity index is 907. The molecule has 2 aliphatic heterocycles. The van der Waals surface area contributed by atoms with Crippen molar-refractivity contribution in [2.75, 3.05) is 11.4 Å². The summed E-state index contributed by atoms with van der Waals surface area (Å²) in [5.74, 6) is 1.59. The van der Waals surface area contributed by atoms with E-state index < -0.39 is 0 Å². The Kier molecular flexibility index (Phi) is 4.81. The quantitative estimate of drug-likeness (QED) is 0.792. The average Bonchev–Trinajstić information content (AvgIpc) is 3.30. The molecule has 0 bridgehead atoms. The number of allylic oxidation sites excluding steroid dienone is 2. The van der Waals surface area contributed by atoms with Crippen molar-refractivity contribution in [1.82, 2.24) is 4.90 Å². The number of urea groups is 1. The summed E-state index contributed by atoms with van der Waals surface area (Å²) in [5.41, 5.74) is 7.59. The second kappa shape index (κ2) is 7.40. The lowest BCUT2D eigenvalue weighted by atomic mass is 10.2. The van der Waals surface area contributed by atoms with Crippen LogP contribution in [0.1, 0.15) is 19.8 Å². The van der Waals surface area contributed by atoms with Crippen molar-refractivity contribution in [2.24, 2.45) is 5.73 Å². The van der Waals surface area contributed by atoms with Gasteiger partial charge in [-0.3, -0.25) is 4.90 Å². The summed E-state index contributed by atoms with van der Waals surface area (Å²) in [6, 6.07) is 17.3. The standard InChI is InChI=1S/C21H21N3O2S/c1-15-14-24(20(27-15)19-8-5-13-23(19)21(22)25)16-9-11-18(12-10-16)26-17-6-3-2-4-7-17/h2-4,6-7,9-12,14H,5,8,13H2,1H3,(H2,22,25)/b20-19-. The molecule has 2 aromatic carbocycles. The molecule has 1 saturated heterocycles. The molecule has 6 heteroatoms. The van der Waals surface area contributed by atoms with E-state index in [1.54, 1.807) is 16.7 Å². The van der Waals surface area contributed by atoms with Crippen LogP contribution < -0.4 is 15.4 Å². The Morgan fingerprint density at radius 2 is 1.78 bits per heavy atom. The zero-order chi connectivity index (χ0) is 18.8. The maximum atomic E-state index is 11.8. The second-order valence-electron chi connectivity index (χ2n) is 6.47. The number of likely N-dealkylation sites (tertiary alicyclic amines) is 1. The van der Waals surface area contributed by atoms with Gasteiger partial charge in [0.05, 0.1) is 5.70 Å². The number of anilines is 1. The number of nitrogens with zero attached hydrogens (tertiary/aromatic N) is 2. The minimum absolute atomic E-state index is 0.383. The number of benzene rings is 2. The number of primary amides is 1. The van der Waals surface area contributed by atoms with Gasteiger partial charge in [0.25, 0.3) is 0 Å². The second-order valence-corrected chi connectivity index (χ2v) is 7.70. The molecule has 0 aliphatic carbocycles. The van der Waals surface area contributed by atoms with Crippen LogP contribution in [0.15, 0.2) is 76.4 Å². The van der Waals surface area contributed by atoms with Crippen LogP contribution in [0.25, 0.3) is 0 Å². The summed E-state index contributed by atoms with van der Waals surface area (Å²) in [6.45, 7) is 2.76. The molecule has 0 unspecified atom stereocenters. The maximum Gasteiger partial charge on any atom is 0.319 e. The molecule has 2 aromatic rings. The highest BCUT2D eigenvalue weighted by Gasteiger charge is 2.30. The maximum absolute atomic E-state index is 11.8. The fourth-order valence-electron chi connectivity index (χ4n) is 3.30. The topological polar surface area (TPSA) is 58.8 Å². The molecular weight excluding hydrogens is 358 g/mol. The van der Waals surface area contributed by atoms with Crippen LogP contribution >= 0.6 is 11.8 Å².